The molecule has 6 rings (SSSR count). The number of amidine groups is 1. The van der Waals surface area contributed by atoms with Crippen molar-refractivity contribution in [2.75, 3.05) is 40.0 Å². The van der Waals surface area contributed by atoms with E-state index in [0.29, 0.717) is 0 Å². The van der Waals surface area contributed by atoms with Gasteiger partial charge in [0.2, 0.25) is 0 Å². The van der Waals surface area contributed by atoms with Crippen molar-refractivity contribution in [3.63, 3.8) is 0 Å². The van der Waals surface area contributed by atoms with Crippen molar-refractivity contribution in [1.82, 2.24) is 30.3 Å². The van der Waals surface area contributed by atoms with Crippen molar-refractivity contribution in [3.8, 4) is 0 Å². The largest absolute Gasteiger partial charge is 0.378 e. The topological polar surface area (TPSA) is 68.7 Å². The number of likely N-dealkylation sites (N-methyl/N-ethyl adjacent to an activating group) is 1. The van der Waals surface area contributed by atoms with Gasteiger partial charge in [-0.3, -0.25) is 9.99 Å². The molecule has 0 aliphatic carbocycles. The molecule has 5 aliphatic rings. The van der Waals surface area contributed by atoms with E-state index in [0.717, 1.165) is 68.8 Å². The Morgan fingerprint density at radius 3 is 2.74 bits per heavy atom. The van der Waals surface area contributed by atoms with Crippen LogP contribution in [0.3, 0.4) is 0 Å². The van der Waals surface area contributed by atoms with Crippen molar-refractivity contribution in [2.24, 2.45) is 4.99 Å². The molecule has 9 nitrogen and oxygen atoms in total. The summed E-state index contributed by atoms with van der Waals surface area (Å²) in [6.45, 7) is 8.05. The Kier molecular flexibility index (Phi) is 6.96. The van der Waals surface area contributed by atoms with E-state index in [1.165, 1.54) is 0 Å². The van der Waals surface area contributed by atoms with E-state index in [4.69, 9.17) is 14.5 Å². The molecule has 0 saturated carbocycles. The zero-order valence-electron chi connectivity index (χ0n) is 20.3. The van der Waals surface area contributed by atoms with Crippen LogP contribution < -0.4 is 5.43 Å². The van der Waals surface area contributed by atoms with Gasteiger partial charge in [-0.05, 0) is 36.6 Å². The first-order valence-corrected chi connectivity index (χ1v) is 12.4. The predicted molar refractivity (Wildman–Crippen MR) is 131 cm³/mol. The molecule has 34 heavy (non-hydrogen) atoms. The third-order valence-electron chi connectivity index (χ3n) is 6.67. The van der Waals surface area contributed by atoms with E-state index in [9.17, 15) is 0 Å². The quantitative estimate of drug-likeness (QED) is 0.731. The summed E-state index contributed by atoms with van der Waals surface area (Å²) in [6.07, 6.45) is 14.7. The number of aromatic nitrogens is 1. The first-order chi connectivity index (χ1) is 16.8. The molecule has 0 radical (unpaired) electrons. The summed E-state index contributed by atoms with van der Waals surface area (Å²) in [4.78, 5) is 11.7. The van der Waals surface area contributed by atoms with E-state index >= 15 is 0 Å². The predicted octanol–water partition coefficient (Wildman–Crippen LogP) is 2.62. The van der Waals surface area contributed by atoms with Crippen LogP contribution in [0.15, 0.2) is 65.6 Å². The molecule has 1 aromatic heterocycles. The molecule has 1 N–H and O–H groups in total. The molecule has 2 saturated heterocycles. The number of fused-ring (bicyclic) bond motifs is 1. The van der Waals surface area contributed by atoms with Gasteiger partial charge in [0.1, 0.15) is 11.6 Å². The van der Waals surface area contributed by atoms with Crippen LogP contribution in [0.2, 0.25) is 0 Å². The van der Waals surface area contributed by atoms with Gasteiger partial charge in [-0.25, -0.2) is 20.4 Å². The number of ether oxygens (including phenoxy) is 2. The Morgan fingerprint density at radius 1 is 1.15 bits per heavy atom. The van der Waals surface area contributed by atoms with Gasteiger partial charge < -0.3 is 14.4 Å². The lowest BCUT2D eigenvalue weighted by Crippen LogP contribution is -2.51. The molecule has 0 aromatic carbocycles. The molecule has 5 aliphatic heterocycles. The summed E-state index contributed by atoms with van der Waals surface area (Å²) in [5, 5.41) is 6.52. The minimum Gasteiger partial charge on any atom is -0.378 e. The van der Waals surface area contributed by atoms with Gasteiger partial charge in [0.05, 0.1) is 31.4 Å². The number of hydrogen-bond acceptors (Lipinski definition) is 9. The summed E-state index contributed by atoms with van der Waals surface area (Å²) < 4.78 is 11.6. The maximum Gasteiger partial charge on any atom is 0.153 e. The number of pyridine rings is 1. The fourth-order valence-corrected chi connectivity index (χ4v) is 4.97. The fourth-order valence-electron chi connectivity index (χ4n) is 4.97. The Morgan fingerprint density at radius 2 is 2.00 bits per heavy atom. The lowest BCUT2D eigenvalue weighted by molar-refractivity contribution is -0.0366. The number of hydrogen-bond donors (Lipinski definition) is 1. The molecule has 0 amide bonds. The summed E-state index contributed by atoms with van der Waals surface area (Å²) in [6, 6.07) is 4.30. The van der Waals surface area contributed by atoms with Gasteiger partial charge >= 0.3 is 0 Å². The summed E-state index contributed by atoms with van der Waals surface area (Å²) >= 11 is 0. The Bertz CT molecular complexity index is 965. The second-order valence-electron chi connectivity index (χ2n) is 8.63. The highest BCUT2D eigenvalue weighted by Gasteiger charge is 2.41. The number of morpholine rings is 1. The zero-order valence-corrected chi connectivity index (χ0v) is 20.3. The lowest BCUT2D eigenvalue weighted by atomic mass is 10.1. The monoisotopic (exact) mass is 465 g/mol. The minimum atomic E-state index is 0.0736. The van der Waals surface area contributed by atoms with Gasteiger partial charge in [-0.15, -0.1) is 0 Å². The second-order valence-corrected chi connectivity index (χ2v) is 8.63. The highest BCUT2D eigenvalue weighted by atomic mass is 16.5. The molecule has 6 heterocycles. The molecule has 9 heteroatoms. The van der Waals surface area contributed by atoms with Crippen molar-refractivity contribution in [3.05, 3.63) is 66.2 Å². The van der Waals surface area contributed by atoms with Gasteiger partial charge in [-0.1, -0.05) is 19.9 Å². The number of hydrazine groups is 2. The first kappa shape index (κ1) is 23.0. The molecule has 182 valence electrons. The molecular weight excluding hydrogens is 430 g/mol. The number of nitrogens with one attached hydrogen (secondary N) is 1. The smallest absolute Gasteiger partial charge is 0.153 e. The number of rotatable bonds is 3. The van der Waals surface area contributed by atoms with Crippen LogP contribution in [0, 0.1) is 0 Å². The van der Waals surface area contributed by atoms with Crippen LogP contribution in [-0.4, -0.2) is 82.8 Å². The molecular formula is C25H35N7O2. The van der Waals surface area contributed by atoms with E-state index < -0.39 is 0 Å². The third-order valence-corrected chi connectivity index (χ3v) is 6.67. The van der Waals surface area contributed by atoms with Crippen molar-refractivity contribution < 1.29 is 9.47 Å². The number of aliphatic imine (C=N–C) groups is 1. The normalized spacial score (nSPS) is 28.9. The van der Waals surface area contributed by atoms with Gasteiger partial charge in [-0.2, -0.15) is 0 Å². The second kappa shape index (κ2) is 10.3. The van der Waals surface area contributed by atoms with E-state index in [-0.39, 0.29) is 18.2 Å². The molecule has 3 unspecified atom stereocenters. The Labute approximate surface area is 202 Å². The molecule has 2 fully saturated rings. The Hall–Kier alpha value is -2.72. The minimum absolute atomic E-state index is 0.0736. The van der Waals surface area contributed by atoms with Crippen LogP contribution in [0.4, 0.5) is 0 Å². The van der Waals surface area contributed by atoms with Crippen LogP contribution in [-0.2, 0) is 9.47 Å². The standard InChI is InChI=1S/C23H29N7O2.C2H6/c1-27-19(20-5-3-11-32-20)14-22-25-21(15-23(30(22)27)28-9-12-31-13-10-28)29-8-6-18(26-29)17-4-2-7-24-16-17;1-2/h2,4,6-8,14-16,18-20,26H,3,5,9-13H2,1H3;1-2H3. The summed E-state index contributed by atoms with van der Waals surface area (Å²) in [7, 11) is 2.14. The number of nitrogens with zero attached hydrogens (tertiary/aromatic N) is 6. The third kappa shape index (κ3) is 4.36. The highest BCUT2D eigenvalue weighted by Crippen LogP contribution is 2.36. The van der Waals surface area contributed by atoms with Crippen LogP contribution in [0.1, 0.15) is 38.3 Å². The Balaban J connectivity index is 0.00000117. The van der Waals surface area contributed by atoms with Crippen LogP contribution in [0.5, 0.6) is 0 Å². The van der Waals surface area contributed by atoms with Crippen molar-refractivity contribution >= 4 is 5.84 Å². The van der Waals surface area contributed by atoms with Crippen molar-refractivity contribution in [2.45, 2.75) is 44.9 Å². The highest BCUT2D eigenvalue weighted by molar-refractivity contribution is 5.95. The van der Waals surface area contributed by atoms with Gasteiger partial charge in [0.15, 0.2) is 5.84 Å². The molecule has 0 bridgehead atoms. The van der Waals surface area contributed by atoms with Gasteiger partial charge in [0, 0.05) is 51.4 Å². The van der Waals surface area contributed by atoms with Crippen LogP contribution >= 0.6 is 0 Å². The summed E-state index contributed by atoms with van der Waals surface area (Å²) in [5.74, 6) is 2.96. The molecule has 3 atom stereocenters. The van der Waals surface area contributed by atoms with Crippen LogP contribution in [0.25, 0.3) is 0 Å². The SMILES string of the molecule is CC.CN1C(C2CCCO2)C=C2N=C(N3C=CC(c4cccnc4)N3)C=C(N3CCOCC3)N21. The fraction of sp³-hybridized carbons (Fsp3) is 0.520. The van der Waals surface area contributed by atoms with E-state index in [1.807, 2.05) is 31.1 Å². The molecule has 1 aromatic rings. The summed E-state index contributed by atoms with van der Waals surface area (Å²) in [5.41, 5.74) is 4.66. The first-order valence-electron chi connectivity index (χ1n) is 12.4. The van der Waals surface area contributed by atoms with E-state index in [2.05, 4.69) is 62.9 Å². The maximum atomic E-state index is 6.03. The lowest BCUT2D eigenvalue weighted by Gasteiger charge is -2.42. The average molecular weight is 466 g/mol. The maximum absolute atomic E-state index is 6.03. The van der Waals surface area contributed by atoms with E-state index in [1.54, 1.807) is 6.20 Å². The van der Waals surface area contributed by atoms with Gasteiger partial charge in [0.25, 0.3) is 0 Å². The average Bonchev–Trinajstić information content (AvgIpc) is 3.67. The zero-order chi connectivity index (χ0) is 23.5. The van der Waals surface area contributed by atoms with Crippen molar-refractivity contribution in [1.29, 1.82) is 0 Å². The molecule has 0 spiro atoms.